The molecule has 0 aliphatic heterocycles. The van der Waals surface area contributed by atoms with Gasteiger partial charge in [0.05, 0.1) is 11.6 Å². The number of carboxylic acids is 1. The van der Waals surface area contributed by atoms with Crippen LogP contribution in [0, 0.1) is 5.92 Å². The van der Waals surface area contributed by atoms with Crippen molar-refractivity contribution in [2.45, 2.75) is 70.3 Å². The Labute approximate surface area is 141 Å². The van der Waals surface area contributed by atoms with Gasteiger partial charge in [0.15, 0.2) is 0 Å². The van der Waals surface area contributed by atoms with Crippen LogP contribution in [0.5, 0.6) is 0 Å². The number of rotatable bonds is 3. The first kappa shape index (κ1) is 16.5. The molecule has 0 bridgehead atoms. The highest BCUT2D eigenvalue weighted by Crippen LogP contribution is 2.39. The lowest BCUT2D eigenvalue weighted by molar-refractivity contribution is -0.142. The maximum Gasteiger partial charge on any atom is 0.306 e. The first-order valence-corrected chi connectivity index (χ1v) is 8.81. The van der Waals surface area contributed by atoms with Crippen LogP contribution < -0.4 is 5.32 Å². The summed E-state index contributed by atoms with van der Waals surface area (Å²) in [4.78, 5) is 20.0. The monoisotopic (exact) mass is 337 g/mol. The molecule has 2 aliphatic rings. The van der Waals surface area contributed by atoms with E-state index in [4.69, 9.17) is 16.7 Å². The van der Waals surface area contributed by atoms with E-state index < -0.39 is 5.97 Å². The van der Waals surface area contributed by atoms with Crippen molar-refractivity contribution < 1.29 is 9.90 Å². The van der Waals surface area contributed by atoms with Crippen LogP contribution in [0.4, 0.5) is 5.82 Å². The van der Waals surface area contributed by atoms with Crippen molar-refractivity contribution in [2.75, 3.05) is 5.32 Å². The number of halogens is 1. The molecule has 0 atom stereocenters. The van der Waals surface area contributed by atoms with Crippen LogP contribution in [-0.4, -0.2) is 27.1 Å². The maximum atomic E-state index is 11.1. The molecule has 1 aromatic heterocycles. The van der Waals surface area contributed by atoms with Gasteiger partial charge in [-0.25, -0.2) is 9.97 Å². The summed E-state index contributed by atoms with van der Waals surface area (Å²) in [6.45, 7) is 4.41. The molecule has 5 nitrogen and oxygen atoms in total. The molecular formula is C17H24ClN3O2. The molecule has 0 unspecified atom stereocenters. The molecule has 0 saturated heterocycles. The van der Waals surface area contributed by atoms with Crippen LogP contribution in [0.3, 0.4) is 0 Å². The van der Waals surface area contributed by atoms with Gasteiger partial charge in [-0.1, -0.05) is 13.8 Å². The SMILES string of the molecule is CC1(C)CCCc2c(NC3CCC(C(=O)O)CC3)nc(Cl)nc21. The van der Waals surface area contributed by atoms with E-state index in [1.807, 2.05) is 0 Å². The average molecular weight is 338 g/mol. The Morgan fingerprint density at radius 3 is 2.61 bits per heavy atom. The fourth-order valence-electron chi connectivity index (χ4n) is 3.88. The quantitative estimate of drug-likeness (QED) is 0.820. The van der Waals surface area contributed by atoms with Gasteiger partial charge in [0.2, 0.25) is 5.28 Å². The summed E-state index contributed by atoms with van der Waals surface area (Å²) >= 11 is 6.15. The number of nitrogens with zero attached hydrogens (tertiary/aromatic N) is 2. The zero-order valence-electron chi connectivity index (χ0n) is 13.7. The van der Waals surface area contributed by atoms with Crippen molar-refractivity contribution in [3.63, 3.8) is 0 Å². The van der Waals surface area contributed by atoms with Crippen LogP contribution in [0.15, 0.2) is 0 Å². The molecule has 1 saturated carbocycles. The Bertz CT molecular complexity index is 610. The van der Waals surface area contributed by atoms with E-state index >= 15 is 0 Å². The van der Waals surface area contributed by atoms with Crippen molar-refractivity contribution in [3.8, 4) is 0 Å². The summed E-state index contributed by atoms with van der Waals surface area (Å²) in [6, 6.07) is 0.269. The van der Waals surface area contributed by atoms with Gasteiger partial charge in [0.25, 0.3) is 0 Å². The zero-order chi connectivity index (χ0) is 16.6. The summed E-state index contributed by atoms with van der Waals surface area (Å²) in [5, 5.41) is 12.9. The first-order valence-electron chi connectivity index (χ1n) is 8.43. The number of hydrogen-bond donors (Lipinski definition) is 2. The number of carboxylic acid groups (broad SMARTS) is 1. The zero-order valence-corrected chi connectivity index (χ0v) is 14.5. The van der Waals surface area contributed by atoms with Gasteiger partial charge < -0.3 is 10.4 Å². The minimum absolute atomic E-state index is 0.0254. The summed E-state index contributed by atoms with van der Waals surface area (Å²) < 4.78 is 0. The molecule has 1 heterocycles. The molecule has 2 aliphatic carbocycles. The summed E-state index contributed by atoms with van der Waals surface area (Å²) in [5.74, 6) is -0.0194. The van der Waals surface area contributed by atoms with Crippen molar-refractivity contribution in [1.29, 1.82) is 0 Å². The van der Waals surface area contributed by atoms with E-state index in [1.54, 1.807) is 0 Å². The smallest absolute Gasteiger partial charge is 0.306 e. The van der Waals surface area contributed by atoms with Gasteiger partial charge in [-0.3, -0.25) is 4.79 Å². The number of fused-ring (bicyclic) bond motifs is 1. The van der Waals surface area contributed by atoms with Crippen molar-refractivity contribution in [3.05, 3.63) is 16.5 Å². The Morgan fingerprint density at radius 1 is 1.26 bits per heavy atom. The second kappa shape index (κ2) is 6.27. The maximum absolute atomic E-state index is 11.1. The van der Waals surface area contributed by atoms with Gasteiger partial charge in [-0.2, -0.15) is 0 Å². The minimum atomic E-state index is -0.673. The molecule has 6 heteroatoms. The molecule has 1 fully saturated rings. The Kier molecular flexibility index (Phi) is 4.50. The normalized spacial score (nSPS) is 26.4. The van der Waals surface area contributed by atoms with Crippen molar-refractivity contribution >= 4 is 23.4 Å². The van der Waals surface area contributed by atoms with Gasteiger partial charge in [-0.05, 0) is 56.5 Å². The van der Waals surface area contributed by atoms with Gasteiger partial charge in [0.1, 0.15) is 5.82 Å². The number of aliphatic carboxylic acids is 1. The van der Waals surface area contributed by atoms with E-state index in [1.165, 1.54) is 5.56 Å². The predicted octanol–water partition coefficient (Wildman–Crippen LogP) is 3.80. The second-order valence-corrected chi connectivity index (χ2v) is 7.78. The van der Waals surface area contributed by atoms with Gasteiger partial charge in [-0.15, -0.1) is 0 Å². The van der Waals surface area contributed by atoms with E-state index in [9.17, 15) is 4.79 Å². The largest absolute Gasteiger partial charge is 0.481 e. The number of nitrogens with one attached hydrogen (secondary N) is 1. The highest BCUT2D eigenvalue weighted by Gasteiger charge is 2.33. The van der Waals surface area contributed by atoms with E-state index in [2.05, 4.69) is 29.1 Å². The van der Waals surface area contributed by atoms with Crippen LogP contribution in [0.25, 0.3) is 0 Å². The van der Waals surface area contributed by atoms with E-state index in [0.29, 0.717) is 5.28 Å². The van der Waals surface area contributed by atoms with Crippen LogP contribution >= 0.6 is 11.6 Å². The molecular weight excluding hydrogens is 314 g/mol. The fourth-order valence-corrected chi connectivity index (χ4v) is 4.05. The second-order valence-electron chi connectivity index (χ2n) is 7.44. The van der Waals surface area contributed by atoms with Gasteiger partial charge >= 0.3 is 5.97 Å². The lowest BCUT2D eigenvalue weighted by Crippen LogP contribution is -2.32. The molecule has 0 aromatic carbocycles. The van der Waals surface area contributed by atoms with Crippen molar-refractivity contribution in [1.82, 2.24) is 9.97 Å². The predicted molar refractivity (Wildman–Crippen MR) is 90.0 cm³/mol. The summed E-state index contributed by atoms with van der Waals surface area (Å²) in [5.41, 5.74) is 2.27. The average Bonchev–Trinajstić information content (AvgIpc) is 2.48. The van der Waals surface area contributed by atoms with Crippen molar-refractivity contribution in [2.24, 2.45) is 5.92 Å². The lowest BCUT2D eigenvalue weighted by atomic mass is 9.76. The van der Waals surface area contributed by atoms with Crippen LogP contribution in [-0.2, 0) is 16.6 Å². The molecule has 0 radical (unpaired) electrons. The molecule has 3 rings (SSSR count). The highest BCUT2D eigenvalue weighted by molar-refractivity contribution is 6.28. The molecule has 23 heavy (non-hydrogen) atoms. The summed E-state index contributed by atoms with van der Waals surface area (Å²) in [6.07, 6.45) is 6.37. The number of hydrogen-bond acceptors (Lipinski definition) is 4. The Hall–Kier alpha value is -1.36. The van der Waals surface area contributed by atoms with E-state index in [0.717, 1.165) is 56.5 Å². The number of aromatic nitrogens is 2. The third kappa shape index (κ3) is 3.44. The highest BCUT2D eigenvalue weighted by atomic mass is 35.5. The molecule has 126 valence electrons. The summed E-state index contributed by atoms with van der Waals surface area (Å²) in [7, 11) is 0. The first-order chi connectivity index (χ1) is 10.9. The van der Waals surface area contributed by atoms with Crippen LogP contribution in [0.1, 0.15) is 63.6 Å². The Morgan fingerprint density at radius 2 is 1.96 bits per heavy atom. The molecule has 0 spiro atoms. The third-order valence-corrected chi connectivity index (χ3v) is 5.44. The molecule has 2 N–H and O–H groups in total. The van der Waals surface area contributed by atoms with E-state index in [-0.39, 0.29) is 17.4 Å². The molecule has 1 aromatic rings. The minimum Gasteiger partial charge on any atom is -0.481 e. The topological polar surface area (TPSA) is 75.1 Å². The van der Waals surface area contributed by atoms with Gasteiger partial charge in [0, 0.05) is 17.0 Å². The molecule has 0 amide bonds. The standard InChI is InChI=1S/C17H24ClN3O2/c1-17(2)9-3-4-12-13(17)20-16(18)21-14(12)19-11-7-5-10(6-8-11)15(22)23/h10-11H,3-9H2,1-2H3,(H,22,23)(H,19,20,21). The fraction of sp³-hybridized carbons (Fsp3) is 0.706. The van der Waals surface area contributed by atoms with Crippen LogP contribution in [0.2, 0.25) is 5.28 Å². The number of carbonyl (C=O) groups is 1. The Balaban J connectivity index is 1.79. The lowest BCUT2D eigenvalue weighted by Gasteiger charge is -2.33. The third-order valence-electron chi connectivity index (χ3n) is 5.27. The number of anilines is 1.